The molecule has 0 aliphatic carbocycles. The molecule has 0 unspecified atom stereocenters. The van der Waals surface area contributed by atoms with E-state index in [1.807, 2.05) is 30.3 Å². The second-order valence-corrected chi connectivity index (χ2v) is 7.45. The van der Waals surface area contributed by atoms with Crippen molar-refractivity contribution >= 4 is 38.7 Å². The van der Waals surface area contributed by atoms with Gasteiger partial charge in [-0.15, -0.1) is 0 Å². The highest BCUT2D eigenvalue weighted by atomic mass is 79.9. The number of fused-ring (bicyclic) bond motifs is 2. The van der Waals surface area contributed by atoms with Crippen LogP contribution in [0.15, 0.2) is 59.3 Å². The number of carbonyl (C=O) groups is 1. The van der Waals surface area contributed by atoms with E-state index in [-0.39, 0.29) is 5.91 Å². The van der Waals surface area contributed by atoms with Crippen LogP contribution in [0.5, 0.6) is 5.75 Å². The molecule has 0 saturated carbocycles. The van der Waals surface area contributed by atoms with Crippen LogP contribution in [-0.2, 0) is 6.42 Å². The molecule has 6 nitrogen and oxygen atoms in total. The molecular weight excluding hydrogens is 420 g/mol. The summed E-state index contributed by atoms with van der Waals surface area (Å²) in [6, 6.07) is 13.5. The van der Waals surface area contributed by atoms with E-state index in [2.05, 4.69) is 42.3 Å². The summed E-state index contributed by atoms with van der Waals surface area (Å²) in [4.78, 5) is 24.7. The molecule has 2 N–H and O–H groups in total. The first-order chi connectivity index (χ1) is 13.7. The number of nitrogens with one attached hydrogen (secondary N) is 2. The van der Waals surface area contributed by atoms with E-state index in [4.69, 9.17) is 4.74 Å². The number of benzene rings is 1. The monoisotopic (exact) mass is 434 g/mol. The first kappa shape index (κ1) is 16.9. The van der Waals surface area contributed by atoms with Crippen molar-refractivity contribution in [3.05, 3.63) is 70.5 Å². The third-order valence-electron chi connectivity index (χ3n) is 4.72. The highest BCUT2D eigenvalue weighted by Gasteiger charge is 2.16. The molecule has 1 amide bonds. The predicted octanol–water partition coefficient (Wildman–Crippen LogP) is 4.57. The summed E-state index contributed by atoms with van der Waals surface area (Å²) in [7, 11) is 0. The van der Waals surface area contributed by atoms with Crippen molar-refractivity contribution in [1.29, 1.82) is 0 Å². The van der Waals surface area contributed by atoms with E-state index in [0.29, 0.717) is 17.0 Å². The minimum atomic E-state index is -0.238. The SMILES string of the molecule is O=C(Nc1cccc(-c2ccc3c(c2)CCO3)n1)c1c[nH]c2ncc(Br)cc12. The van der Waals surface area contributed by atoms with Gasteiger partial charge in [0, 0.05) is 34.2 Å². The standard InChI is InChI=1S/C21H15BrN4O2/c22-14-9-15-16(11-24-20(15)23-10-14)21(27)26-19-3-1-2-17(25-19)12-4-5-18-13(8-12)6-7-28-18/h1-5,8-11H,6-7H2,(H,23,24)(H,25,26,27). The molecule has 0 atom stereocenters. The number of anilines is 1. The minimum Gasteiger partial charge on any atom is -0.493 e. The van der Waals surface area contributed by atoms with E-state index < -0.39 is 0 Å². The quantitative estimate of drug-likeness (QED) is 0.494. The smallest absolute Gasteiger partial charge is 0.259 e. The minimum absolute atomic E-state index is 0.238. The maximum Gasteiger partial charge on any atom is 0.259 e. The zero-order valence-corrected chi connectivity index (χ0v) is 16.3. The molecule has 7 heteroatoms. The van der Waals surface area contributed by atoms with E-state index in [9.17, 15) is 4.79 Å². The molecule has 4 heterocycles. The molecule has 0 fully saturated rings. The van der Waals surface area contributed by atoms with E-state index >= 15 is 0 Å². The number of pyridine rings is 2. The number of ether oxygens (including phenoxy) is 1. The number of aromatic amines is 1. The molecule has 1 aliphatic heterocycles. The molecule has 5 rings (SSSR count). The Hall–Kier alpha value is -3.19. The molecule has 3 aromatic heterocycles. The largest absolute Gasteiger partial charge is 0.493 e. The van der Waals surface area contributed by atoms with Crippen LogP contribution in [0.1, 0.15) is 15.9 Å². The summed E-state index contributed by atoms with van der Waals surface area (Å²) in [5, 5.41) is 3.63. The Morgan fingerprint density at radius 2 is 2.14 bits per heavy atom. The van der Waals surface area contributed by atoms with Crippen molar-refractivity contribution in [2.75, 3.05) is 11.9 Å². The van der Waals surface area contributed by atoms with Gasteiger partial charge in [0.2, 0.25) is 0 Å². The topological polar surface area (TPSA) is 79.9 Å². The molecule has 4 aromatic rings. The van der Waals surface area contributed by atoms with Crippen molar-refractivity contribution in [1.82, 2.24) is 15.0 Å². The van der Waals surface area contributed by atoms with Crippen molar-refractivity contribution in [3.63, 3.8) is 0 Å². The fraction of sp³-hybridized carbons (Fsp3) is 0.0952. The Morgan fingerprint density at radius 3 is 3.07 bits per heavy atom. The Morgan fingerprint density at radius 1 is 1.21 bits per heavy atom. The Labute approximate surface area is 169 Å². The van der Waals surface area contributed by atoms with Crippen LogP contribution in [0.25, 0.3) is 22.3 Å². The van der Waals surface area contributed by atoms with Gasteiger partial charge in [-0.2, -0.15) is 0 Å². The summed E-state index contributed by atoms with van der Waals surface area (Å²) in [6.45, 7) is 0.720. The summed E-state index contributed by atoms with van der Waals surface area (Å²) >= 11 is 3.39. The highest BCUT2D eigenvalue weighted by molar-refractivity contribution is 9.10. The molecule has 0 radical (unpaired) electrons. The molecule has 1 aromatic carbocycles. The van der Waals surface area contributed by atoms with Crippen LogP contribution < -0.4 is 10.1 Å². The number of aromatic nitrogens is 3. The predicted molar refractivity (Wildman–Crippen MR) is 111 cm³/mol. The van der Waals surface area contributed by atoms with Gasteiger partial charge in [-0.3, -0.25) is 4.79 Å². The van der Waals surface area contributed by atoms with Crippen LogP contribution in [-0.4, -0.2) is 27.5 Å². The molecule has 0 saturated heterocycles. The molecule has 0 spiro atoms. The summed E-state index contributed by atoms with van der Waals surface area (Å²) < 4.78 is 6.38. The van der Waals surface area contributed by atoms with Crippen LogP contribution >= 0.6 is 15.9 Å². The van der Waals surface area contributed by atoms with Crippen LogP contribution in [0.4, 0.5) is 5.82 Å². The van der Waals surface area contributed by atoms with Gasteiger partial charge in [0.05, 0.1) is 17.9 Å². The van der Waals surface area contributed by atoms with Gasteiger partial charge >= 0.3 is 0 Å². The summed E-state index contributed by atoms with van der Waals surface area (Å²) in [5.74, 6) is 1.20. The van der Waals surface area contributed by atoms with E-state index in [1.165, 1.54) is 5.56 Å². The van der Waals surface area contributed by atoms with Crippen LogP contribution in [0.3, 0.4) is 0 Å². The Balaban J connectivity index is 1.43. The number of nitrogens with zero attached hydrogens (tertiary/aromatic N) is 2. The maximum absolute atomic E-state index is 12.8. The van der Waals surface area contributed by atoms with Gasteiger partial charge in [-0.1, -0.05) is 6.07 Å². The number of H-pyrrole nitrogens is 1. The van der Waals surface area contributed by atoms with Gasteiger partial charge in [0.25, 0.3) is 5.91 Å². The number of hydrogen-bond acceptors (Lipinski definition) is 4. The third kappa shape index (κ3) is 3.03. The highest BCUT2D eigenvalue weighted by Crippen LogP contribution is 2.30. The molecule has 28 heavy (non-hydrogen) atoms. The molecular formula is C21H15BrN4O2. The number of carbonyl (C=O) groups excluding carboxylic acids is 1. The molecule has 138 valence electrons. The Bertz CT molecular complexity index is 1220. The molecule has 0 bridgehead atoms. The summed E-state index contributed by atoms with van der Waals surface area (Å²) in [5.41, 5.74) is 4.17. The van der Waals surface area contributed by atoms with Crippen molar-refractivity contribution in [2.24, 2.45) is 0 Å². The zero-order chi connectivity index (χ0) is 19.1. The number of amides is 1. The first-order valence-corrected chi connectivity index (χ1v) is 9.64. The van der Waals surface area contributed by atoms with Gasteiger partial charge < -0.3 is 15.0 Å². The van der Waals surface area contributed by atoms with E-state index in [0.717, 1.165) is 39.9 Å². The second kappa shape index (κ2) is 6.76. The van der Waals surface area contributed by atoms with Gasteiger partial charge in [0.15, 0.2) is 0 Å². The average molecular weight is 435 g/mol. The van der Waals surface area contributed by atoms with E-state index in [1.54, 1.807) is 18.5 Å². The van der Waals surface area contributed by atoms with Crippen molar-refractivity contribution < 1.29 is 9.53 Å². The van der Waals surface area contributed by atoms with Crippen LogP contribution in [0, 0.1) is 0 Å². The fourth-order valence-corrected chi connectivity index (χ4v) is 3.69. The summed E-state index contributed by atoms with van der Waals surface area (Å²) in [6.07, 6.45) is 4.25. The Kier molecular flexibility index (Phi) is 4.09. The number of hydrogen-bond donors (Lipinski definition) is 2. The van der Waals surface area contributed by atoms with Gasteiger partial charge in [-0.25, -0.2) is 9.97 Å². The first-order valence-electron chi connectivity index (χ1n) is 8.84. The number of halogens is 1. The van der Waals surface area contributed by atoms with Crippen molar-refractivity contribution in [3.8, 4) is 17.0 Å². The second-order valence-electron chi connectivity index (χ2n) is 6.54. The maximum atomic E-state index is 12.8. The van der Waals surface area contributed by atoms with Gasteiger partial charge in [-0.05, 0) is 57.9 Å². The van der Waals surface area contributed by atoms with Crippen LogP contribution in [0.2, 0.25) is 0 Å². The normalized spacial score (nSPS) is 12.6. The number of rotatable bonds is 3. The average Bonchev–Trinajstić information content (AvgIpc) is 3.34. The lowest BCUT2D eigenvalue weighted by Crippen LogP contribution is -2.12. The van der Waals surface area contributed by atoms with Crippen molar-refractivity contribution in [2.45, 2.75) is 6.42 Å². The lowest BCUT2D eigenvalue weighted by Gasteiger charge is -2.08. The lowest BCUT2D eigenvalue weighted by molar-refractivity contribution is 0.102. The van der Waals surface area contributed by atoms with Gasteiger partial charge in [0.1, 0.15) is 17.2 Å². The zero-order valence-electron chi connectivity index (χ0n) is 14.7. The fourth-order valence-electron chi connectivity index (χ4n) is 3.36. The molecule has 1 aliphatic rings. The third-order valence-corrected chi connectivity index (χ3v) is 5.15. The lowest BCUT2D eigenvalue weighted by atomic mass is 10.1.